The molecule has 0 aliphatic carbocycles. The van der Waals surface area contributed by atoms with Gasteiger partial charge in [0, 0.05) is 6.42 Å². The van der Waals surface area contributed by atoms with Crippen molar-refractivity contribution in [1.82, 2.24) is 5.32 Å². The smallest absolute Gasteiger partial charge is 0.220 e. The third kappa shape index (κ3) is 33.4. The van der Waals surface area contributed by atoms with E-state index in [4.69, 9.17) is 18.9 Å². The molecule has 1 amide bonds. The van der Waals surface area contributed by atoms with Crippen LogP contribution in [0.2, 0.25) is 0 Å². The van der Waals surface area contributed by atoms with E-state index in [1.807, 2.05) is 0 Å². The highest BCUT2D eigenvalue weighted by atomic mass is 16.7. The number of aliphatic hydroxyl groups excluding tert-OH is 8. The summed E-state index contributed by atoms with van der Waals surface area (Å²) in [5, 5.41) is 87.1. The Hall–Kier alpha value is -3.35. The molecule has 0 saturated carbocycles. The summed E-state index contributed by atoms with van der Waals surface area (Å²) in [6.07, 6.45) is 51.0. The predicted octanol–water partition coefficient (Wildman–Crippen LogP) is 10.4. The topological polar surface area (TPSA) is 228 Å². The first-order valence-corrected chi connectivity index (χ1v) is 30.1. The van der Waals surface area contributed by atoms with Crippen LogP contribution in [0.4, 0.5) is 0 Å². The number of hydrogen-bond acceptors (Lipinski definition) is 13. The number of aliphatic hydroxyl groups is 8. The van der Waals surface area contributed by atoms with Crippen molar-refractivity contribution < 1.29 is 64.6 Å². The van der Waals surface area contributed by atoms with Gasteiger partial charge in [-0.15, -0.1) is 0 Å². The van der Waals surface area contributed by atoms with Gasteiger partial charge in [-0.3, -0.25) is 4.79 Å². The first-order chi connectivity index (χ1) is 38.1. The quantitative estimate of drug-likeness (QED) is 0.0204. The van der Waals surface area contributed by atoms with Gasteiger partial charge in [-0.05, 0) is 83.5 Å². The molecule has 0 aromatic carbocycles. The first-order valence-electron chi connectivity index (χ1n) is 30.1. The third-order valence-corrected chi connectivity index (χ3v) is 14.0. The molecule has 14 nitrogen and oxygen atoms in total. The summed E-state index contributed by atoms with van der Waals surface area (Å²) >= 11 is 0. The van der Waals surface area contributed by atoms with Crippen molar-refractivity contribution >= 4 is 5.91 Å². The largest absolute Gasteiger partial charge is 0.394 e. The lowest BCUT2D eigenvalue weighted by atomic mass is 9.97. The molecular weight excluding hydrogens is 991 g/mol. The monoisotopic (exact) mass is 1100 g/mol. The minimum Gasteiger partial charge on any atom is -0.394 e. The summed E-state index contributed by atoms with van der Waals surface area (Å²) in [5.74, 6) is -0.232. The molecule has 14 heteroatoms. The number of ether oxygens (including phenoxy) is 4. The number of rotatable bonds is 46. The predicted molar refractivity (Wildman–Crippen MR) is 313 cm³/mol. The van der Waals surface area contributed by atoms with Crippen LogP contribution in [0.5, 0.6) is 0 Å². The van der Waals surface area contributed by atoms with Gasteiger partial charge in [-0.2, -0.15) is 0 Å². The summed E-state index contributed by atoms with van der Waals surface area (Å²) in [6.45, 7) is 2.69. The fraction of sp³-hybridized carbons (Fsp3) is 0.703. The molecule has 12 unspecified atom stereocenters. The molecule has 2 aliphatic rings. The van der Waals surface area contributed by atoms with Gasteiger partial charge in [0.1, 0.15) is 48.8 Å². The SMILES string of the molecule is CC/C=C\C/C=C\C/C=C\C/C=C\C/C=C\C/C=C\C/C=C\C/C=C\C/C=C\CCCCCCCC(=O)NC(COC1OC(CO)C(OC2OC(CO)C(O)C(O)C2O)C(O)C1O)C(O)CCCCCCCCCCCCC. The maximum atomic E-state index is 13.2. The molecule has 12 atom stereocenters. The Balaban J connectivity index is 1.69. The van der Waals surface area contributed by atoms with Gasteiger partial charge in [-0.1, -0.05) is 213 Å². The molecule has 2 rings (SSSR count). The van der Waals surface area contributed by atoms with E-state index in [1.165, 1.54) is 44.9 Å². The van der Waals surface area contributed by atoms with Crippen molar-refractivity contribution in [3.05, 3.63) is 109 Å². The second-order valence-electron chi connectivity index (χ2n) is 20.7. The molecule has 0 bridgehead atoms. The number of allylic oxidation sites excluding steroid dienone is 18. The van der Waals surface area contributed by atoms with E-state index >= 15 is 0 Å². The van der Waals surface area contributed by atoms with Gasteiger partial charge in [-0.25, -0.2) is 0 Å². The lowest BCUT2D eigenvalue weighted by Crippen LogP contribution is -2.65. The number of carbonyl (C=O) groups is 1. The molecule has 2 fully saturated rings. The minimum atomic E-state index is -1.79. The number of carbonyl (C=O) groups excluding carboxylic acids is 1. The van der Waals surface area contributed by atoms with E-state index < -0.39 is 86.8 Å². The van der Waals surface area contributed by atoms with Crippen LogP contribution in [0.15, 0.2) is 109 Å². The van der Waals surface area contributed by atoms with Crippen LogP contribution in [0.25, 0.3) is 0 Å². The van der Waals surface area contributed by atoms with E-state index in [-0.39, 0.29) is 18.9 Å². The zero-order valence-corrected chi connectivity index (χ0v) is 47.9. The van der Waals surface area contributed by atoms with Crippen LogP contribution in [0.3, 0.4) is 0 Å². The van der Waals surface area contributed by atoms with Gasteiger partial charge < -0.3 is 65.1 Å². The molecule has 2 saturated heterocycles. The molecule has 0 spiro atoms. The Kier molecular flexibility index (Phi) is 43.9. The lowest BCUT2D eigenvalue weighted by Gasteiger charge is -2.46. The molecular formula is C64H107NO13. The fourth-order valence-electron chi connectivity index (χ4n) is 9.17. The van der Waals surface area contributed by atoms with Crippen molar-refractivity contribution in [2.75, 3.05) is 19.8 Å². The molecule has 0 radical (unpaired) electrons. The standard InChI is InChI=1S/C64H107NO13/c1-3-5-7-9-11-13-15-16-17-18-19-20-21-22-23-24-25-26-27-28-29-30-31-32-33-34-35-36-38-40-42-44-46-48-56(69)65-52(53(68)47-45-43-41-39-37-14-12-10-8-6-4-2)51-75-63-61(74)59(72)62(55(50-67)77-63)78-64-60(73)58(71)57(70)54(49-66)76-64/h5,7,11,13,16-17,19-20,22-23,25-26,28-29,31-32,34-35,52-55,57-64,66-68,70-74H,3-4,6,8-10,12,14-15,18,21,24,27,30,33,36-51H2,1-2H3,(H,65,69)/b7-5-,13-11-,17-16-,20-19-,23-22-,26-25-,29-28-,32-31-,35-34-. The average Bonchev–Trinajstić information content (AvgIpc) is 3.47. The van der Waals surface area contributed by atoms with Crippen molar-refractivity contribution in [3.63, 3.8) is 0 Å². The fourth-order valence-corrected chi connectivity index (χ4v) is 9.17. The zero-order valence-electron chi connectivity index (χ0n) is 47.9. The maximum absolute atomic E-state index is 13.2. The number of nitrogens with one attached hydrogen (secondary N) is 1. The summed E-state index contributed by atoms with van der Waals surface area (Å²) < 4.78 is 22.8. The van der Waals surface area contributed by atoms with Crippen molar-refractivity contribution in [3.8, 4) is 0 Å². The van der Waals surface area contributed by atoms with Crippen LogP contribution in [-0.4, -0.2) is 140 Å². The van der Waals surface area contributed by atoms with Gasteiger partial charge in [0.25, 0.3) is 0 Å². The number of unbranched alkanes of at least 4 members (excludes halogenated alkanes) is 15. The van der Waals surface area contributed by atoms with Crippen LogP contribution >= 0.6 is 0 Å². The third-order valence-electron chi connectivity index (χ3n) is 14.0. The number of amides is 1. The average molecular weight is 1100 g/mol. The van der Waals surface area contributed by atoms with Crippen molar-refractivity contribution in [2.24, 2.45) is 0 Å². The van der Waals surface area contributed by atoms with E-state index in [0.717, 1.165) is 116 Å². The van der Waals surface area contributed by atoms with Crippen LogP contribution < -0.4 is 5.32 Å². The highest BCUT2D eigenvalue weighted by Gasteiger charge is 2.51. The van der Waals surface area contributed by atoms with Crippen molar-refractivity contribution in [2.45, 2.75) is 267 Å². The second-order valence-corrected chi connectivity index (χ2v) is 20.7. The lowest BCUT2D eigenvalue weighted by molar-refractivity contribution is -0.359. The van der Waals surface area contributed by atoms with E-state index in [0.29, 0.717) is 12.8 Å². The van der Waals surface area contributed by atoms with E-state index in [2.05, 4.69) is 129 Å². The highest BCUT2D eigenvalue weighted by molar-refractivity contribution is 5.76. The summed E-state index contributed by atoms with van der Waals surface area (Å²) in [4.78, 5) is 13.2. The Labute approximate surface area is 470 Å². The molecule has 2 heterocycles. The van der Waals surface area contributed by atoms with Crippen LogP contribution in [0, 0.1) is 0 Å². The normalized spacial score (nSPS) is 25.4. The Bertz CT molecular complexity index is 1720. The van der Waals surface area contributed by atoms with Gasteiger partial charge in [0.15, 0.2) is 12.6 Å². The van der Waals surface area contributed by atoms with Gasteiger partial charge in [0.05, 0.1) is 32.0 Å². The first kappa shape index (κ1) is 70.8. The summed E-state index contributed by atoms with van der Waals surface area (Å²) in [7, 11) is 0. The Morgan fingerprint density at radius 1 is 0.474 bits per heavy atom. The van der Waals surface area contributed by atoms with Crippen LogP contribution in [0.1, 0.15) is 194 Å². The van der Waals surface area contributed by atoms with E-state index in [9.17, 15) is 45.6 Å². The molecule has 2 aliphatic heterocycles. The zero-order chi connectivity index (χ0) is 56.7. The van der Waals surface area contributed by atoms with Gasteiger partial charge in [0.2, 0.25) is 5.91 Å². The summed E-state index contributed by atoms with van der Waals surface area (Å²) in [6, 6.07) is -0.846. The second kappa shape index (κ2) is 48.4. The molecule has 0 aromatic heterocycles. The maximum Gasteiger partial charge on any atom is 0.220 e. The molecule has 446 valence electrons. The Morgan fingerprint density at radius 2 is 0.885 bits per heavy atom. The van der Waals surface area contributed by atoms with E-state index in [1.54, 1.807) is 0 Å². The number of hydrogen-bond donors (Lipinski definition) is 9. The minimum absolute atomic E-state index is 0.232. The molecule has 9 N–H and O–H groups in total. The Morgan fingerprint density at radius 3 is 1.36 bits per heavy atom. The van der Waals surface area contributed by atoms with Crippen molar-refractivity contribution in [1.29, 1.82) is 0 Å². The van der Waals surface area contributed by atoms with Crippen LogP contribution in [-0.2, 0) is 23.7 Å². The summed E-state index contributed by atoms with van der Waals surface area (Å²) in [5.41, 5.74) is 0. The van der Waals surface area contributed by atoms with Gasteiger partial charge >= 0.3 is 0 Å². The highest BCUT2D eigenvalue weighted by Crippen LogP contribution is 2.30. The molecule has 78 heavy (non-hydrogen) atoms. The molecule has 0 aromatic rings.